The number of nitrogens with two attached hydrogens (primary N) is 1. The maximum atomic E-state index is 15.0. The van der Waals surface area contributed by atoms with Crippen molar-refractivity contribution in [2.24, 2.45) is 5.73 Å². The van der Waals surface area contributed by atoms with Gasteiger partial charge in [-0.2, -0.15) is 10.2 Å². The molecule has 0 saturated heterocycles. The van der Waals surface area contributed by atoms with Gasteiger partial charge in [-0.15, -0.1) is 4.80 Å². The van der Waals surface area contributed by atoms with Gasteiger partial charge in [-0.05, 0) is 25.5 Å². The number of carbonyl (C=O) groups excluding carboxylic acids is 1. The predicted octanol–water partition coefficient (Wildman–Crippen LogP) is 2.30. The van der Waals surface area contributed by atoms with Gasteiger partial charge < -0.3 is 36.3 Å². The van der Waals surface area contributed by atoms with Gasteiger partial charge in [-0.25, -0.2) is 19.2 Å². The van der Waals surface area contributed by atoms with Gasteiger partial charge >= 0.3 is 6.09 Å². The molecule has 0 spiro atoms. The number of hydrogen-bond donors (Lipinski definition) is 5. The molecule has 6 N–H and O–H groups in total. The van der Waals surface area contributed by atoms with Crippen molar-refractivity contribution in [3.63, 3.8) is 0 Å². The van der Waals surface area contributed by atoms with Crippen LogP contribution in [0, 0.1) is 5.82 Å². The number of rotatable bonds is 14. The number of nitrogens with one attached hydrogen (secondary N) is 3. The summed E-state index contributed by atoms with van der Waals surface area (Å²) in [5, 5.41) is 25.6. The van der Waals surface area contributed by atoms with E-state index in [2.05, 4.69) is 36.1 Å². The standard InChI is InChI=1S/C23H30FN9O5/c1-4-5-17(13(2)29-23(35)36)31-21-16(24)11-15(19(25)34)20(32-21)30-14-10-18(33-27-6-7-28-33)22(26-12-14)38-9-8-37-3/h6-7,10-13,17,29H,4-5,8-9H2,1-3H3,(H2,25,34)(H,35,36)(H2,30,31,32)/t13-,17-/m0/s1. The lowest BCUT2D eigenvalue weighted by Gasteiger charge is -2.26. The topological polar surface area (TPSA) is 191 Å². The monoisotopic (exact) mass is 531 g/mol. The Morgan fingerprint density at radius 1 is 1.21 bits per heavy atom. The van der Waals surface area contributed by atoms with Crippen molar-refractivity contribution in [3.05, 3.63) is 42.1 Å². The van der Waals surface area contributed by atoms with E-state index in [9.17, 15) is 14.0 Å². The normalized spacial score (nSPS) is 12.4. The number of primary amides is 1. The van der Waals surface area contributed by atoms with E-state index in [0.29, 0.717) is 30.8 Å². The van der Waals surface area contributed by atoms with Crippen LogP contribution >= 0.6 is 0 Å². The third-order valence-electron chi connectivity index (χ3n) is 5.37. The van der Waals surface area contributed by atoms with Crippen molar-refractivity contribution in [3.8, 4) is 11.6 Å². The Hall–Kier alpha value is -4.53. The van der Waals surface area contributed by atoms with Crippen molar-refractivity contribution in [1.82, 2.24) is 30.3 Å². The number of carbonyl (C=O) groups is 2. The zero-order valence-corrected chi connectivity index (χ0v) is 21.1. The first-order chi connectivity index (χ1) is 18.2. The van der Waals surface area contributed by atoms with Crippen molar-refractivity contribution >= 4 is 29.3 Å². The summed E-state index contributed by atoms with van der Waals surface area (Å²) >= 11 is 0. The van der Waals surface area contributed by atoms with Gasteiger partial charge in [0.1, 0.15) is 18.1 Å². The molecular formula is C23H30FN9O5. The Bertz CT molecular complexity index is 1240. The van der Waals surface area contributed by atoms with E-state index in [1.165, 1.54) is 23.4 Å². The summed E-state index contributed by atoms with van der Waals surface area (Å²) < 4.78 is 25.6. The molecule has 2 atom stereocenters. The summed E-state index contributed by atoms with van der Waals surface area (Å²) in [6.45, 7) is 4.14. The molecule has 0 aliphatic heterocycles. The fourth-order valence-electron chi connectivity index (χ4n) is 3.56. The molecule has 3 aromatic heterocycles. The summed E-state index contributed by atoms with van der Waals surface area (Å²) in [4.78, 5) is 33.1. The molecule has 0 unspecified atom stereocenters. The quantitative estimate of drug-likeness (QED) is 0.192. The average molecular weight is 532 g/mol. The van der Waals surface area contributed by atoms with E-state index >= 15 is 0 Å². The Morgan fingerprint density at radius 3 is 2.58 bits per heavy atom. The summed E-state index contributed by atoms with van der Waals surface area (Å²) in [5.74, 6) is -1.72. The van der Waals surface area contributed by atoms with Gasteiger partial charge in [-0.1, -0.05) is 13.3 Å². The van der Waals surface area contributed by atoms with Crippen LogP contribution in [-0.4, -0.2) is 74.5 Å². The number of nitrogens with zero attached hydrogens (tertiary/aromatic N) is 5. The molecule has 0 aromatic carbocycles. The second-order valence-corrected chi connectivity index (χ2v) is 8.19. The Balaban J connectivity index is 1.96. The van der Waals surface area contributed by atoms with Crippen molar-refractivity contribution in [1.29, 1.82) is 0 Å². The van der Waals surface area contributed by atoms with Gasteiger partial charge in [-0.3, -0.25) is 4.79 Å². The van der Waals surface area contributed by atoms with E-state index in [4.69, 9.17) is 20.3 Å². The number of ether oxygens (including phenoxy) is 2. The fraction of sp³-hybridized carbons (Fsp3) is 0.391. The Labute approximate surface area is 217 Å². The second kappa shape index (κ2) is 13.1. The minimum atomic E-state index is -1.20. The van der Waals surface area contributed by atoms with Crippen LogP contribution < -0.4 is 26.4 Å². The third-order valence-corrected chi connectivity index (χ3v) is 5.37. The first kappa shape index (κ1) is 28.0. The number of pyridine rings is 2. The molecule has 204 valence electrons. The number of methoxy groups -OCH3 is 1. The molecule has 3 aromatic rings. The number of amides is 2. The van der Waals surface area contributed by atoms with E-state index in [1.807, 2.05) is 6.92 Å². The molecule has 0 aliphatic rings. The molecule has 0 bridgehead atoms. The Kier molecular flexibility index (Phi) is 9.70. The van der Waals surface area contributed by atoms with Crippen LogP contribution in [0.15, 0.2) is 30.7 Å². The minimum absolute atomic E-state index is 0.0373. The molecule has 2 amide bonds. The van der Waals surface area contributed by atoms with Gasteiger partial charge in [0.25, 0.3) is 5.91 Å². The van der Waals surface area contributed by atoms with E-state index in [0.717, 1.165) is 6.07 Å². The molecule has 0 saturated carbocycles. The van der Waals surface area contributed by atoms with Crippen molar-refractivity contribution in [2.45, 2.75) is 38.8 Å². The zero-order chi connectivity index (χ0) is 27.7. The molecule has 38 heavy (non-hydrogen) atoms. The highest BCUT2D eigenvalue weighted by molar-refractivity contribution is 5.98. The molecule has 0 aliphatic carbocycles. The first-order valence-electron chi connectivity index (χ1n) is 11.7. The molecule has 0 radical (unpaired) electrons. The van der Waals surface area contributed by atoms with Crippen LogP contribution in [-0.2, 0) is 4.74 Å². The molecule has 14 nitrogen and oxygen atoms in total. The molecule has 3 rings (SSSR count). The number of halogens is 1. The molecule has 3 heterocycles. The summed E-state index contributed by atoms with van der Waals surface area (Å²) in [5.41, 5.74) is 6.03. The lowest BCUT2D eigenvalue weighted by Crippen LogP contribution is -2.44. The number of carboxylic acid groups (broad SMARTS) is 1. The maximum absolute atomic E-state index is 15.0. The first-order valence-corrected chi connectivity index (χ1v) is 11.7. The summed E-state index contributed by atoms with van der Waals surface area (Å²) in [6.07, 6.45) is 4.41. The zero-order valence-electron chi connectivity index (χ0n) is 21.1. The third kappa shape index (κ3) is 7.25. The summed E-state index contributed by atoms with van der Waals surface area (Å²) in [7, 11) is 1.54. The summed E-state index contributed by atoms with van der Waals surface area (Å²) in [6, 6.07) is 1.54. The van der Waals surface area contributed by atoms with Gasteiger partial charge in [0.05, 0.1) is 36.4 Å². The van der Waals surface area contributed by atoms with Crippen molar-refractivity contribution < 1.29 is 28.6 Å². The lowest BCUT2D eigenvalue weighted by atomic mass is 10.0. The highest BCUT2D eigenvalue weighted by Gasteiger charge is 2.23. The van der Waals surface area contributed by atoms with Crippen LogP contribution in [0.5, 0.6) is 5.88 Å². The van der Waals surface area contributed by atoms with Gasteiger partial charge in [0.2, 0.25) is 5.88 Å². The highest BCUT2D eigenvalue weighted by Crippen LogP contribution is 2.28. The smallest absolute Gasteiger partial charge is 0.404 e. The second-order valence-electron chi connectivity index (χ2n) is 8.19. The van der Waals surface area contributed by atoms with E-state index in [1.54, 1.807) is 20.1 Å². The number of hydrogen-bond acceptors (Lipinski definition) is 10. The SMILES string of the molecule is CCC[C@H](Nc1nc(Nc2cnc(OCCOC)c(-n3nccn3)c2)c(C(N)=O)cc1F)[C@H](C)NC(=O)O. The Morgan fingerprint density at radius 2 is 1.95 bits per heavy atom. The van der Waals surface area contributed by atoms with E-state index < -0.39 is 29.9 Å². The predicted molar refractivity (Wildman–Crippen MR) is 135 cm³/mol. The number of aromatic nitrogens is 5. The number of anilines is 3. The maximum Gasteiger partial charge on any atom is 0.404 e. The fourth-order valence-corrected chi connectivity index (χ4v) is 3.56. The van der Waals surface area contributed by atoms with Crippen LogP contribution in [0.1, 0.15) is 37.0 Å². The van der Waals surface area contributed by atoms with Gasteiger partial charge in [0, 0.05) is 19.2 Å². The average Bonchev–Trinajstić information content (AvgIpc) is 3.40. The van der Waals surface area contributed by atoms with Crippen LogP contribution in [0.4, 0.5) is 26.5 Å². The molecule has 15 heteroatoms. The van der Waals surface area contributed by atoms with Crippen LogP contribution in [0.2, 0.25) is 0 Å². The van der Waals surface area contributed by atoms with Crippen LogP contribution in [0.3, 0.4) is 0 Å². The largest absolute Gasteiger partial charge is 0.474 e. The van der Waals surface area contributed by atoms with Gasteiger partial charge in [0.15, 0.2) is 11.6 Å². The molecular weight excluding hydrogens is 501 g/mol. The van der Waals surface area contributed by atoms with Crippen LogP contribution in [0.25, 0.3) is 5.69 Å². The van der Waals surface area contributed by atoms with E-state index in [-0.39, 0.29) is 29.7 Å². The molecule has 0 fully saturated rings. The minimum Gasteiger partial charge on any atom is -0.474 e. The highest BCUT2D eigenvalue weighted by atomic mass is 19.1. The van der Waals surface area contributed by atoms with Crippen molar-refractivity contribution in [2.75, 3.05) is 31.0 Å². The lowest BCUT2D eigenvalue weighted by molar-refractivity contribution is 0.1000.